The molecule has 0 radical (unpaired) electrons. The molecule has 13 aromatic rings. The van der Waals surface area contributed by atoms with E-state index in [1.807, 2.05) is 50.2 Å². The van der Waals surface area contributed by atoms with Crippen LogP contribution in [0.15, 0.2) is 230 Å². The summed E-state index contributed by atoms with van der Waals surface area (Å²) in [5, 5.41) is 231. The average Bonchev–Trinajstić information content (AvgIpc) is 1.06. The zero-order chi connectivity index (χ0) is 94.1. The SMILES string of the molecule is Cc1c(C)c2c(c(C)c1O)CCC(C)(CCCC(C)CCCC(C)CCCC(C)C)O2.O=C1O[C@H]([C@@H](O)CO)C(O)=C1O.Oc1cc(O)cc(O)c1.Oc1cc2ccccc2cc1O.Oc1ccc(O)c(O)c1.Oc1ccc(O)c2c(O)c3ccccc3c(O)c12.Oc1ccc(O)cc1.Oc1ccc2ccc(O)cc2c1.Oc1cccc(O)c1.Oc1ccccc1O. The minimum atomic E-state index is -1.42. The largest absolute Gasteiger partial charge is 0.508 e. The highest BCUT2D eigenvalue weighted by Crippen LogP contribution is 2.49. The molecule has 13 aromatic carbocycles. The van der Waals surface area contributed by atoms with E-state index in [0.29, 0.717) is 16.5 Å². The van der Waals surface area contributed by atoms with Gasteiger partial charge in [0.25, 0.3) is 0 Å². The molecule has 0 saturated carbocycles. The van der Waals surface area contributed by atoms with Gasteiger partial charge in [-0.15, -0.1) is 0 Å². The number of rotatable bonds is 14. The van der Waals surface area contributed by atoms with Crippen molar-refractivity contribution in [1.82, 2.24) is 0 Å². The summed E-state index contributed by atoms with van der Waals surface area (Å²) in [6.07, 6.45) is 11.3. The number of carbonyl (C=O) groups is 1. The minimum Gasteiger partial charge on any atom is -0.508 e. The maximum absolute atomic E-state index is 10.5. The summed E-state index contributed by atoms with van der Waals surface area (Å²) in [4.78, 5) is 10.5. The fourth-order valence-corrected chi connectivity index (χ4v) is 13.3. The Kier molecular flexibility index (Phi) is 38.4. The molecule has 0 amide bonds. The van der Waals surface area contributed by atoms with Crippen molar-refractivity contribution in [2.45, 2.75) is 144 Å². The third kappa shape index (κ3) is 31.2. The molecule has 0 bridgehead atoms. The Labute approximate surface area is 734 Å². The van der Waals surface area contributed by atoms with E-state index in [9.17, 15) is 30.3 Å². The highest BCUT2D eigenvalue weighted by molar-refractivity contribution is 6.14. The minimum absolute atomic E-state index is 0.0474. The molecule has 5 atom stereocenters. The number of fused-ring (bicyclic) bond motifs is 5. The van der Waals surface area contributed by atoms with Gasteiger partial charge in [0.1, 0.15) is 104 Å². The van der Waals surface area contributed by atoms with Crippen molar-refractivity contribution >= 4 is 49.1 Å². The van der Waals surface area contributed by atoms with Crippen LogP contribution in [0.3, 0.4) is 0 Å². The van der Waals surface area contributed by atoms with Gasteiger partial charge in [-0.1, -0.05) is 152 Å². The summed E-state index contributed by atoms with van der Waals surface area (Å²) in [5.74, 6) is 0.151. The summed E-state index contributed by atoms with van der Waals surface area (Å²) >= 11 is 0. The number of aliphatic hydroxyl groups excluding tert-OH is 4. The molecule has 0 aromatic heterocycles. The van der Waals surface area contributed by atoms with Crippen LogP contribution < -0.4 is 4.74 Å². The van der Waals surface area contributed by atoms with Crippen molar-refractivity contribution in [1.29, 1.82) is 0 Å². The predicted molar refractivity (Wildman–Crippen MR) is 485 cm³/mol. The highest BCUT2D eigenvalue weighted by atomic mass is 16.6. The lowest BCUT2D eigenvalue weighted by atomic mass is 9.84. The highest BCUT2D eigenvalue weighted by Gasteiger charge is 2.39. The lowest BCUT2D eigenvalue weighted by Gasteiger charge is -2.38. The number of hydrogen-bond acceptors (Lipinski definition) is 28. The number of esters is 1. The second-order valence-corrected chi connectivity index (χ2v) is 31.2. The fourth-order valence-electron chi connectivity index (χ4n) is 13.3. The third-order valence-corrected chi connectivity index (χ3v) is 20.5. The Morgan fingerprint density at radius 2 is 0.748 bits per heavy atom. The van der Waals surface area contributed by atoms with Crippen LogP contribution in [0.25, 0.3) is 43.1 Å². The smallest absolute Gasteiger partial charge is 0.377 e. The normalized spacial score (nSPS) is 14.0. The summed E-state index contributed by atoms with van der Waals surface area (Å²) < 4.78 is 10.9. The van der Waals surface area contributed by atoms with Crippen LogP contribution in [-0.2, 0) is 16.0 Å². The van der Waals surface area contributed by atoms with Crippen molar-refractivity contribution in [3.8, 4) is 126 Å². The molecule has 28 heteroatoms. The van der Waals surface area contributed by atoms with Gasteiger partial charge in [-0.05, 0) is 219 Å². The summed E-state index contributed by atoms with van der Waals surface area (Å²) in [7, 11) is 0. The molecule has 678 valence electrons. The van der Waals surface area contributed by atoms with Gasteiger partial charge in [0.2, 0.25) is 5.76 Å². The number of carbonyl (C=O) groups excluding carboxylic acids is 1. The summed E-state index contributed by atoms with van der Waals surface area (Å²) in [6, 6.07) is 54.7. The second-order valence-electron chi connectivity index (χ2n) is 31.2. The van der Waals surface area contributed by atoms with E-state index in [1.165, 1.54) is 136 Å². The zero-order valence-corrected chi connectivity index (χ0v) is 71.6. The molecule has 3 unspecified atom stereocenters. The van der Waals surface area contributed by atoms with Gasteiger partial charge in [0.05, 0.1) is 17.4 Å². The number of para-hydroxylation sites is 2. The monoisotopic (exact) mass is 1750 g/mol. The second kappa shape index (κ2) is 48.3. The zero-order valence-electron chi connectivity index (χ0n) is 71.6. The van der Waals surface area contributed by atoms with E-state index in [4.69, 9.17) is 107 Å². The van der Waals surface area contributed by atoms with Crippen LogP contribution >= 0.6 is 0 Å². The molecule has 0 saturated heterocycles. The number of aliphatic hydroxyl groups is 4. The molecular weight excluding hydrogens is 1640 g/mol. The van der Waals surface area contributed by atoms with Crippen molar-refractivity contribution < 1.29 is 142 Å². The molecule has 0 spiro atoms. The van der Waals surface area contributed by atoms with Crippen LogP contribution in [0, 0.1) is 38.5 Å². The third-order valence-electron chi connectivity index (χ3n) is 20.5. The first-order valence-electron chi connectivity index (χ1n) is 40.6. The van der Waals surface area contributed by atoms with E-state index in [2.05, 4.69) is 46.3 Å². The predicted octanol–water partition coefficient (Wildman–Crippen LogP) is 19.7. The van der Waals surface area contributed by atoms with Gasteiger partial charge >= 0.3 is 5.97 Å². The number of benzene rings is 13. The number of phenolic OH excluding ortho intramolecular Hbond substituents is 21. The van der Waals surface area contributed by atoms with Crippen molar-refractivity contribution in [2.24, 2.45) is 17.8 Å². The van der Waals surface area contributed by atoms with Gasteiger partial charge in [-0.3, -0.25) is 0 Å². The van der Waals surface area contributed by atoms with E-state index in [0.717, 1.165) is 105 Å². The van der Waals surface area contributed by atoms with Gasteiger partial charge in [-0.2, -0.15) is 0 Å². The van der Waals surface area contributed by atoms with Crippen LogP contribution in [0.2, 0.25) is 0 Å². The Morgan fingerprint density at radius 1 is 0.362 bits per heavy atom. The number of phenols is 21. The van der Waals surface area contributed by atoms with E-state index in [-0.39, 0.29) is 131 Å². The molecule has 2 aliphatic rings. The van der Waals surface area contributed by atoms with E-state index < -0.39 is 36.3 Å². The first kappa shape index (κ1) is 101. The van der Waals surface area contributed by atoms with Crippen LogP contribution in [-0.4, -0.2) is 158 Å². The quantitative estimate of drug-likeness (QED) is 0.0208. The lowest BCUT2D eigenvalue weighted by molar-refractivity contribution is -0.147. The first-order chi connectivity index (χ1) is 60.0. The molecule has 127 heavy (non-hydrogen) atoms. The molecular formula is C99H114O28. The number of ether oxygens (including phenoxy) is 2. The first-order valence-corrected chi connectivity index (χ1v) is 40.6. The molecule has 2 heterocycles. The van der Waals surface area contributed by atoms with Gasteiger partial charge in [0, 0.05) is 46.7 Å². The van der Waals surface area contributed by atoms with Crippen molar-refractivity contribution in [3.63, 3.8) is 0 Å². The standard InChI is InChI=1S/C29H50O2.C14H10O4.2C10H8O2.C6H8O6.2C6H6O3.3C6H6O2/c1-20(2)12-9-13-21(3)14-10-15-22(4)16-11-18-29(8)19-17-26-25(7)27(30)23(5)24(6)28(26)31-29;15-9-5-6-10(16)12-11(9)13(17)7-3-1-2-4-8(7)14(12)18;11-9-3-1-7-2-4-10(12)6-8(7)5-9;11-9-5-7-3-1-2-4-8(7)6-10(9)12;7-1-2(8)5-3(9)4(10)6(11)12-5;7-4-1-5(8)3-6(9)2-4;7-4-1-2-5(8)6(9)3-4;7-5-1-2-6(8)4-3-5;7-5-2-1-3-6(8)4-5;7-5-3-1-2-4-6(5)8/h20-22,30H,9-19H2,1-8H3;1-6,15-18H;2*1-6,11-12H;2,5,7-10H,1H2;2*1-3,7-9H;3*1-4,7-8H/t;;;;2-,5+;;;;;/m....0...../s1. The van der Waals surface area contributed by atoms with Gasteiger partial charge in [0.15, 0.2) is 46.4 Å². The molecule has 15 rings (SSSR count). The lowest BCUT2D eigenvalue weighted by Crippen LogP contribution is -2.37. The Bertz CT molecular complexity index is 5520. The van der Waals surface area contributed by atoms with Crippen molar-refractivity contribution in [3.05, 3.63) is 252 Å². The van der Waals surface area contributed by atoms with Crippen LogP contribution in [0.4, 0.5) is 0 Å². The van der Waals surface area contributed by atoms with E-state index >= 15 is 0 Å². The molecule has 25 N–H and O–H groups in total. The van der Waals surface area contributed by atoms with Crippen LogP contribution in [0.5, 0.6) is 126 Å². The number of aromatic hydroxyl groups is 21. The topological polar surface area (TPSA) is 541 Å². The molecule has 0 fully saturated rings. The molecule has 28 nitrogen and oxygen atoms in total. The van der Waals surface area contributed by atoms with Crippen molar-refractivity contribution in [2.75, 3.05) is 6.61 Å². The van der Waals surface area contributed by atoms with E-state index in [1.54, 1.807) is 78.9 Å². The van der Waals surface area contributed by atoms with Gasteiger partial charge in [-0.25, -0.2) is 4.79 Å². The Morgan fingerprint density at radius 3 is 1.16 bits per heavy atom. The molecule has 2 aliphatic heterocycles. The Hall–Kier alpha value is -14.8. The maximum atomic E-state index is 10.5. The molecule has 0 aliphatic carbocycles. The van der Waals surface area contributed by atoms with Gasteiger partial charge < -0.3 is 137 Å². The summed E-state index contributed by atoms with van der Waals surface area (Å²) in [6.45, 7) is 17.3. The Balaban J connectivity index is 0.000000227. The number of hydrogen-bond donors (Lipinski definition) is 25. The summed E-state index contributed by atoms with van der Waals surface area (Å²) in [5.41, 5.74) is 4.23. The maximum Gasteiger partial charge on any atom is 0.377 e. The number of cyclic esters (lactones) is 1. The average molecular weight is 1750 g/mol. The fraction of sp³-hybridized carbons (Fsp3) is 0.263. The van der Waals surface area contributed by atoms with Crippen LogP contribution in [0.1, 0.15) is 121 Å².